The van der Waals surface area contributed by atoms with Crippen molar-refractivity contribution >= 4 is 11.8 Å². The molecule has 1 atom stereocenters. The molecule has 0 radical (unpaired) electrons. The number of benzene rings is 2. The third kappa shape index (κ3) is 5.53. The molecule has 0 bridgehead atoms. The van der Waals surface area contributed by atoms with Gasteiger partial charge in [0.15, 0.2) is 0 Å². The van der Waals surface area contributed by atoms with Crippen LogP contribution in [0.4, 0.5) is 8.78 Å². The van der Waals surface area contributed by atoms with E-state index in [4.69, 9.17) is 6.11 Å². The molecule has 4 heteroatoms. The van der Waals surface area contributed by atoms with E-state index in [1.165, 1.54) is 11.8 Å². The van der Waals surface area contributed by atoms with E-state index in [0.29, 0.717) is 18.6 Å². The van der Waals surface area contributed by atoms with Gasteiger partial charge in [-0.25, -0.2) is 0 Å². The molecule has 2 rings (SSSR count). The van der Waals surface area contributed by atoms with Crippen LogP contribution in [0, 0.1) is 0 Å². The predicted octanol–water partition coefficient (Wildman–Crippen LogP) is 5.57. The molecular formula is C18H18F2OS. The first-order valence-electron chi connectivity index (χ1n) is 7.46. The van der Waals surface area contributed by atoms with Gasteiger partial charge < -0.3 is 4.74 Å². The Labute approximate surface area is 135 Å². The summed E-state index contributed by atoms with van der Waals surface area (Å²) in [7, 11) is 1.58. The third-order valence-corrected chi connectivity index (χ3v) is 4.33. The average molecular weight is 321 g/mol. The van der Waals surface area contributed by atoms with Gasteiger partial charge in [-0.05, 0) is 48.7 Å². The van der Waals surface area contributed by atoms with Crippen molar-refractivity contribution in [2.24, 2.45) is 0 Å². The van der Waals surface area contributed by atoms with E-state index >= 15 is 0 Å². The van der Waals surface area contributed by atoms with Crippen molar-refractivity contribution in [2.45, 2.75) is 23.0 Å². The highest BCUT2D eigenvalue weighted by molar-refractivity contribution is 8.00. The lowest BCUT2D eigenvalue weighted by molar-refractivity contribution is 0.414. The Kier molecular flexibility index (Phi) is 5.89. The van der Waals surface area contributed by atoms with Crippen LogP contribution in [0.1, 0.15) is 13.4 Å². The minimum Gasteiger partial charge on any atom is -0.497 e. The Morgan fingerprint density at radius 1 is 1.18 bits per heavy atom. The second-order valence-corrected chi connectivity index (χ2v) is 5.99. The van der Waals surface area contributed by atoms with E-state index in [1.54, 1.807) is 19.2 Å². The molecule has 0 heterocycles. The topological polar surface area (TPSA) is 9.23 Å². The molecule has 1 nitrogen and oxygen atoms in total. The summed E-state index contributed by atoms with van der Waals surface area (Å²) in [6.45, 7) is 0. The molecule has 0 saturated heterocycles. The van der Waals surface area contributed by atoms with Crippen molar-refractivity contribution in [1.29, 1.82) is 0 Å². The van der Waals surface area contributed by atoms with Gasteiger partial charge in [-0.2, -0.15) is 8.78 Å². The molecule has 0 fully saturated rings. The van der Waals surface area contributed by atoms with Crippen LogP contribution in [-0.2, 0) is 6.42 Å². The van der Waals surface area contributed by atoms with Crippen LogP contribution in [0.2, 0.25) is 0 Å². The molecule has 0 saturated carbocycles. The van der Waals surface area contributed by atoms with Gasteiger partial charge in [-0.15, -0.1) is 11.8 Å². The van der Waals surface area contributed by atoms with Gasteiger partial charge in [0, 0.05) is 10.1 Å². The second-order valence-electron chi connectivity index (χ2n) is 4.71. The van der Waals surface area contributed by atoms with Crippen LogP contribution in [0.3, 0.4) is 0 Å². The monoisotopic (exact) mass is 321 g/mol. The first-order chi connectivity index (χ1) is 11.1. The zero-order valence-corrected chi connectivity index (χ0v) is 13.1. The Morgan fingerprint density at radius 2 is 1.86 bits per heavy atom. The first kappa shape index (κ1) is 15.1. The summed E-state index contributed by atoms with van der Waals surface area (Å²) in [5, 5.41) is -0.575. The maximum absolute atomic E-state index is 12.9. The van der Waals surface area contributed by atoms with Gasteiger partial charge in [0.2, 0.25) is 0 Å². The fraction of sp³-hybridized carbons (Fsp3) is 0.222. The molecule has 116 valence electrons. The summed E-state index contributed by atoms with van der Waals surface area (Å²) in [5.41, 5.74) is 1.08. The Morgan fingerprint density at radius 3 is 2.45 bits per heavy atom. The molecule has 0 aliphatic heterocycles. The van der Waals surface area contributed by atoms with Crippen molar-refractivity contribution < 1.29 is 14.9 Å². The third-order valence-electron chi connectivity index (χ3n) is 3.15. The number of methoxy groups -OCH3 is 1. The van der Waals surface area contributed by atoms with Gasteiger partial charge in [0.1, 0.15) is 5.75 Å². The zero-order valence-electron chi connectivity index (χ0n) is 13.3. The van der Waals surface area contributed by atoms with Crippen molar-refractivity contribution in [1.82, 2.24) is 0 Å². The van der Waals surface area contributed by atoms with Crippen LogP contribution in [0.15, 0.2) is 71.6 Å². The fourth-order valence-corrected chi connectivity index (χ4v) is 3.05. The van der Waals surface area contributed by atoms with Gasteiger partial charge in [-0.3, -0.25) is 0 Å². The fourth-order valence-electron chi connectivity index (χ4n) is 2.04. The molecule has 2 aromatic carbocycles. The number of aryl methyl sites for hydroxylation is 1. The summed E-state index contributed by atoms with van der Waals surface area (Å²) >= 11 is 1.28. The van der Waals surface area contributed by atoms with Crippen molar-refractivity contribution in [3.8, 4) is 5.75 Å². The molecule has 0 N–H and O–H groups in total. The Balaban J connectivity index is 2.09. The molecular weight excluding hydrogens is 302 g/mol. The standard InChI is InChI=1S/C18H18F2OS/c1-21-15-8-11-16(12-9-15)22-17(13-18(19)20)10-7-14-5-3-2-4-6-14/h2-6,8-9,11-13,17H,7,10H2,1H3/t17-/m1/s1/i13D. The summed E-state index contributed by atoms with van der Waals surface area (Å²) in [6.07, 6.45) is -0.773. The summed E-state index contributed by atoms with van der Waals surface area (Å²) in [5.74, 6) is 0.716. The highest BCUT2D eigenvalue weighted by Crippen LogP contribution is 2.30. The molecule has 22 heavy (non-hydrogen) atoms. The molecule has 0 aliphatic rings. The SMILES string of the molecule is [2H]C(=C(F)F)[C@@H](CCc1ccccc1)Sc1ccc(OC)cc1. The van der Waals surface area contributed by atoms with Gasteiger partial charge in [-0.1, -0.05) is 30.3 Å². The number of ether oxygens (including phenoxy) is 1. The summed E-state index contributed by atoms with van der Waals surface area (Å²) in [4.78, 5) is 0.842. The van der Waals surface area contributed by atoms with E-state index in [2.05, 4.69) is 0 Å². The van der Waals surface area contributed by atoms with Gasteiger partial charge in [0.25, 0.3) is 6.08 Å². The largest absolute Gasteiger partial charge is 0.497 e. The van der Waals surface area contributed by atoms with Crippen LogP contribution in [0.25, 0.3) is 0 Å². The quantitative estimate of drug-likeness (QED) is 0.617. The summed E-state index contributed by atoms with van der Waals surface area (Å²) < 4.78 is 38.5. The molecule has 0 spiro atoms. The van der Waals surface area contributed by atoms with E-state index in [1.807, 2.05) is 42.5 Å². The van der Waals surface area contributed by atoms with E-state index in [0.717, 1.165) is 10.5 Å². The normalized spacial score (nSPS) is 12.4. The average Bonchev–Trinajstić information content (AvgIpc) is 2.59. The Hall–Kier alpha value is -1.81. The minimum absolute atomic E-state index is 0.483. The second kappa shape index (κ2) is 8.59. The first-order valence-corrected chi connectivity index (χ1v) is 7.84. The van der Waals surface area contributed by atoms with Crippen LogP contribution < -0.4 is 4.74 Å². The van der Waals surface area contributed by atoms with Crippen LogP contribution >= 0.6 is 11.8 Å². The van der Waals surface area contributed by atoms with Gasteiger partial charge >= 0.3 is 0 Å². The lowest BCUT2D eigenvalue weighted by Crippen LogP contribution is -2.01. The van der Waals surface area contributed by atoms with E-state index in [-0.39, 0.29) is 0 Å². The van der Waals surface area contributed by atoms with Crippen molar-refractivity contribution in [3.05, 3.63) is 72.3 Å². The summed E-state index contributed by atoms with van der Waals surface area (Å²) in [6, 6.07) is 16.3. The highest BCUT2D eigenvalue weighted by Gasteiger charge is 2.10. The smallest absolute Gasteiger partial charge is 0.267 e. The molecule has 2 aromatic rings. The molecule has 0 aromatic heterocycles. The lowest BCUT2D eigenvalue weighted by atomic mass is 10.1. The Bertz CT molecular complexity index is 640. The lowest BCUT2D eigenvalue weighted by Gasteiger charge is -2.12. The minimum atomic E-state index is -1.91. The number of halogens is 2. The predicted molar refractivity (Wildman–Crippen MR) is 87.7 cm³/mol. The maximum Gasteiger partial charge on any atom is 0.267 e. The number of thioether (sulfide) groups is 1. The maximum atomic E-state index is 12.9. The van der Waals surface area contributed by atoms with Crippen molar-refractivity contribution in [3.63, 3.8) is 0 Å². The van der Waals surface area contributed by atoms with E-state index in [9.17, 15) is 8.78 Å². The highest BCUT2D eigenvalue weighted by atomic mass is 32.2. The van der Waals surface area contributed by atoms with Crippen LogP contribution in [-0.4, -0.2) is 12.4 Å². The van der Waals surface area contributed by atoms with Crippen LogP contribution in [0.5, 0.6) is 5.75 Å². The molecule has 0 aliphatic carbocycles. The molecule has 0 amide bonds. The zero-order chi connectivity index (χ0) is 16.7. The van der Waals surface area contributed by atoms with E-state index < -0.39 is 17.4 Å². The van der Waals surface area contributed by atoms with Gasteiger partial charge in [0.05, 0.1) is 8.48 Å². The number of hydrogen-bond donors (Lipinski definition) is 0. The molecule has 0 unspecified atom stereocenters. The number of rotatable bonds is 7. The number of hydrogen-bond acceptors (Lipinski definition) is 2. The van der Waals surface area contributed by atoms with Crippen molar-refractivity contribution in [2.75, 3.05) is 7.11 Å².